The van der Waals surface area contributed by atoms with Gasteiger partial charge in [-0.25, -0.2) is 0 Å². The lowest BCUT2D eigenvalue weighted by Crippen LogP contribution is -2.44. The van der Waals surface area contributed by atoms with Crippen LogP contribution in [0.3, 0.4) is 0 Å². The van der Waals surface area contributed by atoms with Crippen molar-refractivity contribution in [3.05, 3.63) is 0 Å². The van der Waals surface area contributed by atoms with Gasteiger partial charge in [0.1, 0.15) is 0 Å². The molecule has 0 aliphatic carbocycles. The number of nitrogens with one attached hydrogen (secondary N) is 2. The highest BCUT2D eigenvalue weighted by atomic mass is 16.1. The first kappa shape index (κ1) is 14.5. The van der Waals surface area contributed by atoms with Crippen molar-refractivity contribution in [3.8, 4) is 0 Å². The molecule has 1 heterocycles. The van der Waals surface area contributed by atoms with E-state index in [0.29, 0.717) is 12.5 Å². The summed E-state index contributed by atoms with van der Waals surface area (Å²) in [6.45, 7) is 9.12. The Morgan fingerprint density at radius 3 is 2.65 bits per heavy atom. The molecule has 0 aromatic rings. The zero-order valence-electron chi connectivity index (χ0n) is 11.3. The van der Waals surface area contributed by atoms with Crippen LogP contribution < -0.4 is 10.6 Å². The molecule has 0 saturated carbocycles. The molecule has 1 unspecified atom stereocenters. The Kier molecular flexibility index (Phi) is 7.21. The molecule has 1 fully saturated rings. The summed E-state index contributed by atoms with van der Waals surface area (Å²) in [5.41, 5.74) is 0. The average Bonchev–Trinajstić information content (AvgIpc) is 2.37. The fraction of sp³-hybridized carbons (Fsp3) is 0.923. The molecule has 0 bridgehead atoms. The fourth-order valence-corrected chi connectivity index (χ4v) is 2.22. The molecule has 0 aromatic carbocycles. The number of carbonyl (C=O) groups excluding carboxylic acids is 1. The number of nitrogens with zero attached hydrogens (tertiary/aromatic N) is 1. The van der Waals surface area contributed by atoms with Gasteiger partial charge in [-0.1, -0.05) is 13.3 Å². The molecule has 0 aromatic heterocycles. The van der Waals surface area contributed by atoms with Gasteiger partial charge in [-0.15, -0.1) is 0 Å². The average molecular weight is 241 g/mol. The summed E-state index contributed by atoms with van der Waals surface area (Å²) in [5, 5.41) is 6.18. The molecule has 17 heavy (non-hydrogen) atoms. The van der Waals surface area contributed by atoms with Gasteiger partial charge >= 0.3 is 0 Å². The van der Waals surface area contributed by atoms with E-state index in [1.54, 1.807) is 0 Å². The molecule has 4 nitrogen and oxygen atoms in total. The molecule has 0 spiro atoms. The lowest BCUT2D eigenvalue weighted by atomic mass is 10.1. The van der Waals surface area contributed by atoms with Crippen molar-refractivity contribution in [1.82, 2.24) is 15.5 Å². The smallest absolute Gasteiger partial charge is 0.221 e. The number of rotatable bonds is 7. The van der Waals surface area contributed by atoms with Crippen LogP contribution in [0.25, 0.3) is 0 Å². The van der Waals surface area contributed by atoms with Gasteiger partial charge in [0.05, 0.1) is 0 Å². The second-order valence-electron chi connectivity index (χ2n) is 4.85. The predicted molar refractivity (Wildman–Crippen MR) is 71.1 cm³/mol. The maximum atomic E-state index is 11.5. The normalized spacial score (nSPS) is 18.9. The number of hydrogen-bond acceptors (Lipinski definition) is 3. The van der Waals surface area contributed by atoms with Crippen LogP contribution in [-0.4, -0.2) is 49.6 Å². The number of carbonyl (C=O) groups is 1. The SMILES string of the molecule is CCNCCC(=O)NCC(C)N1CCCCC1. The summed E-state index contributed by atoms with van der Waals surface area (Å²) in [4.78, 5) is 14.0. The van der Waals surface area contributed by atoms with Gasteiger partial charge in [-0.3, -0.25) is 9.69 Å². The van der Waals surface area contributed by atoms with Gasteiger partial charge in [0.2, 0.25) is 5.91 Å². The van der Waals surface area contributed by atoms with E-state index >= 15 is 0 Å². The third-order valence-corrected chi connectivity index (χ3v) is 3.39. The van der Waals surface area contributed by atoms with E-state index in [4.69, 9.17) is 0 Å². The van der Waals surface area contributed by atoms with Crippen LogP contribution in [0.4, 0.5) is 0 Å². The van der Waals surface area contributed by atoms with E-state index in [-0.39, 0.29) is 5.91 Å². The first-order valence-corrected chi connectivity index (χ1v) is 6.95. The highest BCUT2D eigenvalue weighted by molar-refractivity contribution is 5.76. The van der Waals surface area contributed by atoms with Gasteiger partial charge in [0, 0.05) is 25.6 Å². The number of hydrogen-bond donors (Lipinski definition) is 2. The van der Waals surface area contributed by atoms with E-state index in [1.165, 1.54) is 32.4 Å². The molecule has 1 rings (SSSR count). The molecule has 1 atom stereocenters. The summed E-state index contributed by atoms with van der Waals surface area (Å²) >= 11 is 0. The molecule has 1 aliphatic rings. The summed E-state index contributed by atoms with van der Waals surface area (Å²) in [7, 11) is 0. The van der Waals surface area contributed by atoms with Gasteiger partial charge in [0.15, 0.2) is 0 Å². The van der Waals surface area contributed by atoms with Crippen LogP contribution in [0.1, 0.15) is 39.5 Å². The van der Waals surface area contributed by atoms with Crippen molar-refractivity contribution in [3.63, 3.8) is 0 Å². The topological polar surface area (TPSA) is 44.4 Å². The molecule has 1 amide bonds. The van der Waals surface area contributed by atoms with Crippen molar-refractivity contribution in [2.45, 2.75) is 45.6 Å². The van der Waals surface area contributed by atoms with Gasteiger partial charge < -0.3 is 10.6 Å². The Hall–Kier alpha value is -0.610. The monoisotopic (exact) mass is 241 g/mol. The van der Waals surface area contributed by atoms with Crippen LogP contribution in [-0.2, 0) is 4.79 Å². The number of amides is 1. The van der Waals surface area contributed by atoms with Crippen molar-refractivity contribution in [2.24, 2.45) is 0 Å². The van der Waals surface area contributed by atoms with Gasteiger partial charge in [0.25, 0.3) is 0 Å². The maximum absolute atomic E-state index is 11.5. The first-order chi connectivity index (χ1) is 8.24. The highest BCUT2D eigenvalue weighted by Crippen LogP contribution is 2.11. The molecule has 4 heteroatoms. The van der Waals surface area contributed by atoms with Crippen LogP contribution in [0.5, 0.6) is 0 Å². The Bertz CT molecular complexity index is 215. The fourth-order valence-electron chi connectivity index (χ4n) is 2.22. The third kappa shape index (κ3) is 6.03. The van der Waals surface area contributed by atoms with E-state index < -0.39 is 0 Å². The largest absolute Gasteiger partial charge is 0.355 e. The minimum absolute atomic E-state index is 0.162. The van der Waals surface area contributed by atoms with Crippen LogP contribution >= 0.6 is 0 Å². The minimum atomic E-state index is 0.162. The molecule has 1 aliphatic heterocycles. The molecular weight excluding hydrogens is 214 g/mol. The Morgan fingerprint density at radius 1 is 1.29 bits per heavy atom. The van der Waals surface area contributed by atoms with Crippen LogP contribution in [0.15, 0.2) is 0 Å². The first-order valence-electron chi connectivity index (χ1n) is 6.95. The van der Waals surface area contributed by atoms with E-state index in [1.807, 2.05) is 0 Å². The Labute approximate surface area is 105 Å². The Balaban J connectivity index is 2.09. The molecule has 100 valence electrons. The molecule has 2 N–H and O–H groups in total. The Morgan fingerprint density at radius 2 is 2.00 bits per heavy atom. The second-order valence-corrected chi connectivity index (χ2v) is 4.85. The zero-order chi connectivity index (χ0) is 12.5. The van der Waals surface area contributed by atoms with Crippen molar-refractivity contribution >= 4 is 5.91 Å². The highest BCUT2D eigenvalue weighted by Gasteiger charge is 2.16. The minimum Gasteiger partial charge on any atom is -0.355 e. The number of piperidine rings is 1. The molecule has 0 radical (unpaired) electrons. The molecular formula is C13H27N3O. The van der Waals surface area contributed by atoms with E-state index in [2.05, 4.69) is 29.4 Å². The van der Waals surface area contributed by atoms with Crippen molar-refractivity contribution < 1.29 is 4.79 Å². The summed E-state index contributed by atoms with van der Waals surface area (Å²) < 4.78 is 0. The molecule has 1 saturated heterocycles. The van der Waals surface area contributed by atoms with Crippen LogP contribution in [0.2, 0.25) is 0 Å². The van der Waals surface area contributed by atoms with Crippen LogP contribution in [0, 0.1) is 0 Å². The lowest BCUT2D eigenvalue weighted by molar-refractivity contribution is -0.121. The van der Waals surface area contributed by atoms with Crippen molar-refractivity contribution in [1.29, 1.82) is 0 Å². The predicted octanol–water partition coefficient (Wildman–Crippen LogP) is 0.977. The maximum Gasteiger partial charge on any atom is 0.221 e. The van der Waals surface area contributed by atoms with Gasteiger partial charge in [-0.05, 0) is 39.4 Å². The number of likely N-dealkylation sites (tertiary alicyclic amines) is 1. The summed E-state index contributed by atoms with van der Waals surface area (Å²) in [6, 6.07) is 0.471. The second kappa shape index (κ2) is 8.48. The summed E-state index contributed by atoms with van der Waals surface area (Å²) in [6.07, 6.45) is 4.55. The zero-order valence-corrected chi connectivity index (χ0v) is 11.3. The standard InChI is InChI=1S/C13H27N3O/c1-3-14-8-7-13(17)15-11-12(2)16-9-5-4-6-10-16/h12,14H,3-11H2,1-2H3,(H,15,17). The summed E-state index contributed by atoms with van der Waals surface area (Å²) in [5.74, 6) is 0.162. The van der Waals surface area contributed by atoms with E-state index in [9.17, 15) is 4.79 Å². The van der Waals surface area contributed by atoms with Crippen molar-refractivity contribution in [2.75, 3.05) is 32.7 Å². The van der Waals surface area contributed by atoms with Gasteiger partial charge in [-0.2, -0.15) is 0 Å². The third-order valence-electron chi connectivity index (χ3n) is 3.39. The quantitative estimate of drug-likeness (QED) is 0.653. The lowest BCUT2D eigenvalue weighted by Gasteiger charge is -2.32. The van der Waals surface area contributed by atoms with E-state index in [0.717, 1.165) is 19.6 Å².